The zero-order valence-corrected chi connectivity index (χ0v) is 22.3. The summed E-state index contributed by atoms with van der Waals surface area (Å²) < 4.78 is 10.9. The molecule has 0 aromatic heterocycles. The SMILES string of the molecule is O=C(CCC(=O)N/N=C\c1ccccc1OC(=O)c1ccccc1)N/N=C\c1ccccc1OC(=O)c1ccccc1. The maximum atomic E-state index is 12.4. The molecule has 0 radical (unpaired) electrons. The molecule has 10 heteroatoms. The van der Waals surface area contributed by atoms with E-state index in [1.165, 1.54) is 12.4 Å². The van der Waals surface area contributed by atoms with Crippen LogP contribution in [0.15, 0.2) is 119 Å². The summed E-state index contributed by atoms with van der Waals surface area (Å²) in [6, 6.07) is 30.6. The number of hydrogen-bond donors (Lipinski definition) is 2. The van der Waals surface area contributed by atoms with Crippen LogP contribution in [0.2, 0.25) is 0 Å². The molecule has 0 fully saturated rings. The van der Waals surface area contributed by atoms with Gasteiger partial charge in [-0.15, -0.1) is 0 Å². The van der Waals surface area contributed by atoms with Crippen molar-refractivity contribution in [3.8, 4) is 11.5 Å². The van der Waals surface area contributed by atoms with Crippen molar-refractivity contribution >= 4 is 36.2 Å². The lowest BCUT2D eigenvalue weighted by Crippen LogP contribution is -2.23. The normalized spacial score (nSPS) is 10.8. The molecule has 210 valence electrons. The lowest BCUT2D eigenvalue weighted by atomic mass is 10.2. The molecule has 0 bridgehead atoms. The molecule has 2 amide bonds. The van der Waals surface area contributed by atoms with Crippen LogP contribution in [0.5, 0.6) is 11.5 Å². The number of rotatable bonds is 11. The van der Waals surface area contributed by atoms with Gasteiger partial charge in [0.05, 0.1) is 23.6 Å². The maximum Gasteiger partial charge on any atom is 0.343 e. The van der Waals surface area contributed by atoms with Crippen molar-refractivity contribution < 1.29 is 28.7 Å². The first-order chi connectivity index (χ1) is 20.5. The summed E-state index contributed by atoms with van der Waals surface area (Å²) in [4.78, 5) is 49.1. The molecule has 0 aliphatic heterocycles. The number of para-hydroxylation sites is 2. The molecule has 0 aliphatic carbocycles. The second-order valence-electron chi connectivity index (χ2n) is 8.67. The number of esters is 2. The largest absolute Gasteiger partial charge is 0.422 e. The highest BCUT2D eigenvalue weighted by Gasteiger charge is 2.12. The first-order valence-corrected chi connectivity index (χ1v) is 12.9. The molecule has 2 N–H and O–H groups in total. The van der Waals surface area contributed by atoms with Crippen LogP contribution < -0.4 is 20.3 Å². The number of benzene rings is 4. The predicted molar refractivity (Wildman–Crippen MR) is 156 cm³/mol. The van der Waals surface area contributed by atoms with E-state index in [9.17, 15) is 19.2 Å². The molecule has 4 aromatic carbocycles. The summed E-state index contributed by atoms with van der Waals surface area (Å²) in [5, 5.41) is 7.80. The lowest BCUT2D eigenvalue weighted by Gasteiger charge is -2.07. The van der Waals surface area contributed by atoms with Gasteiger partial charge in [0.15, 0.2) is 0 Å². The molecule has 0 saturated carbocycles. The van der Waals surface area contributed by atoms with E-state index in [1.54, 1.807) is 109 Å². The van der Waals surface area contributed by atoms with Gasteiger partial charge in [-0.25, -0.2) is 20.4 Å². The summed E-state index contributed by atoms with van der Waals surface area (Å²) >= 11 is 0. The monoisotopic (exact) mass is 562 g/mol. The van der Waals surface area contributed by atoms with E-state index < -0.39 is 23.8 Å². The lowest BCUT2D eigenvalue weighted by molar-refractivity contribution is -0.126. The molecular formula is C32H26N4O6. The Balaban J connectivity index is 1.23. The zero-order valence-electron chi connectivity index (χ0n) is 22.3. The van der Waals surface area contributed by atoms with Crippen molar-refractivity contribution in [2.24, 2.45) is 10.2 Å². The van der Waals surface area contributed by atoms with Crippen molar-refractivity contribution in [2.45, 2.75) is 12.8 Å². The number of carbonyl (C=O) groups is 4. The third-order valence-corrected chi connectivity index (χ3v) is 5.63. The molecule has 4 aromatic rings. The van der Waals surface area contributed by atoms with Gasteiger partial charge in [-0.05, 0) is 48.5 Å². The third-order valence-electron chi connectivity index (χ3n) is 5.63. The second kappa shape index (κ2) is 15.0. The van der Waals surface area contributed by atoms with E-state index in [0.717, 1.165) is 0 Å². The fourth-order valence-electron chi connectivity index (χ4n) is 3.51. The molecule has 0 aliphatic rings. The van der Waals surface area contributed by atoms with E-state index in [0.29, 0.717) is 22.3 Å². The summed E-state index contributed by atoms with van der Waals surface area (Å²) in [5.41, 5.74) is 6.44. The minimum Gasteiger partial charge on any atom is -0.422 e. The maximum absolute atomic E-state index is 12.4. The van der Waals surface area contributed by atoms with Gasteiger partial charge in [-0.2, -0.15) is 10.2 Å². The first-order valence-electron chi connectivity index (χ1n) is 12.9. The predicted octanol–water partition coefficient (Wildman–Crippen LogP) is 4.51. The van der Waals surface area contributed by atoms with Crippen LogP contribution in [0.25, 0.3) is 0 Å². The van der Waals surface area contributed by atoms with Gasteiger partial charge in [0, 0.05) is 24.0 Å². The summed E-state index contributed by atoms with van der Waals surface area (Å²) in [7, 11) is 0. The molecule has 0 heterocycles. The van der Waals surface area contributed by atoms with Crippen LogP contribution in [0.3, 0.4) is 0 Å². The van der Waals surface area contributed by atoms with E-state index in [4.69, 9.17) is 9.47 Å². The number of nitrogens with zero attached hydrogens (tertiary/aromatic N) is 2. The van der Waals surface area contributed by atoms with Crippen molar-refractivity contribution in [1.82, 2.24) is 10.9 Å². The van der Waals surface area contributed by atoms with Crippen LogP contribution in [0, 0.1) is 0 Å². The van der Waals surface area contributed by atoms with E-state index in [-0.39, 0.29) is 24.3 Å². The molecule has 0 spiro atoms. The first kappa shape index (κ1) is 29.1. The molecule has 0 atom stereocenters. The molecule has 4 rings (SSSR count). The second-order valence-corrected chi connectivity index (χ2v) is 8.67. The Hall–Kier alpha value is -5.90. The van der Waals surface area contributed by atoms with Crippen molar-refractivity contribution in [3.63, 3.8) is 0 Å². The Morgan fingerprint density at radius 1 is 0.524 bits per heavy atom. The van der Waals surface area contributed by atoms with Crippen LogP contribution in [-0.4, -0.2) is 36.2 Å². The number of ether oxygens (including phenoxy) is 2. The highest BCUT2D eigenvalue weighted by atomic mass is 16.5. The standard InChI is InChI=1S/C32H26N4O6/c37-29(35-33-21-25-15-7-9-17-27(25)41-31(39)23-11-3-1-4-12-23)19-20-30(38)36-34-22-26-16-8-10-18-28(26)42-32(40)24-13-5-2-6-14-24/h1-18,21-22H,19-20H2,(H,35,37)(H,36,38)/b33-21-,34-22-. The van der Waals surface area contributed by atoms with E-state index >= 15 is 0 Å². The van der Waals surface area contributed by atoms with Gasteiger partial charge >= 0.3 is 11.9 Å². The van der Waals surface area contributed by atoms with Crippen LogP contribution in [-0.2, 0) is 9.59 Å². The third kappa shape index (κ3) is 8.82. The van der Waals surface area contributed by atoms with Crippen LogP contribution >= 0.6 is 0 Å². The quantitative estimate of drug-likeness (QED) is 0.120. The summed E-state index contributed by atoms with van der Waals surface area (Å²) in [5.74, 6) is -1.49. The number of hydrogen-bond acceptors (Lipinski definition) is 8. The number of carbonyl (C=O) groups excluding carboxylic acids is 4. The van der Waals surface area contributed by atoms with Crippen molar-refractivity contribution in [3.05, 3.63) is 131 Å². The van der Waals surface area contributed by atoms with Gasteiger partial charge in [0.1, 0.15) is 11.5 Å². The minimum atomic E-state index is -0.522. The van der Waals surface area contributed by atoms with Gasteiger partial charge < -0.3 is 9.47 Å². The Bertz CT molecular complexity index is 1480. The summed E-state index contributed by atoms with van der Waals surface area (Å²) in [6.07, 6.45) is 2.40. The summed E-state index contributed by atoms with van der Waals surface area (Å²) in [6.45, 7) is 0. The Morgan fingerprint density at radius 3 is 1.29 bits per heavy atom. The molecular weight excluding hydrogens is 536 g/mol. The van der Waals surface area contributed by atoms with Crippen molar-refractivity contribution in [2.75, 3.05) is 0 Å². The minimum absolute atomic E-state index is 0.144. The van der Waals surface area contributed by atoms with Gasteiger partial charge in [0.25, 0.3) is 0 Å². The Morgan fingerprint density at radius 2 is 0.881 bits per heavy atom. The number of nitrogens with one attached hydrogen (secondary N) is 2. The van der Waals surface area contributed by atoms with Gasteiger partial charge in [-0.1, -0.05) is 60.7 Å². The highest BCUT2D eigenvalue weighted by molar-refractivity contribution is 5.94. The molecule has 0 unspecified atom stereocenters. The number of amides is 2. The topological polar surface area (TPSA) is 136 Å². The fourth-order valence-corrected chi connectivity index (χ4v) is 3.51. The number of hydrazone groups is 2. The zero-order chi connectivity index (χ0) is 29.6. The molecule has 42 heavy (non-hydrogen) atoms. The Kier molecular flexibility index (Phi) is 10.4. The van der Waals surface area contributed by atoms with Crippen LogP contribution in [0.1, 0.15) is 44.7 Å². The van der Waals surface area contributed by atoms with E-state index in [2.05, 4.69) is 21.1 Å². The van der Waals surface area contributed by atoms with Crippen molar-refractivity contribution in [1.29, 1.82) is 0 Å². The van der Waals surface area contributed by atoms with Gasteiger partial charge in [-0.3, -0.25) is 9.59 Å². The fraction of sp³-hybridized carbons (Fsp3) is 0.0625. The average Bonchev–Trinajstić information content (AvgIpc) is 3.02. The highest BCUT2D eigenvalue weighted by Crippen LogP contribution is 2.19. The van der Waals surface area contributed by atoms with E-state index in [1.807, 2.05) is 0 Å². The average molecular weight is 563 g/mol. The molecule has 0 saturated heterocycles. The van der Waals surface area contributed by atoms with Gasteiger partial charge in [0.2, 0.25) is 11.8 Å². The smallest absolute Gasteiger partial charge is 0.343 e. The molecule has 10 nitrogen and oxygen atoms in total. The van der Waals surface area contributed by atoms with Crippen LogP contribution in [0.4, 0.5) is 0 Å². The Labute approximate surface area is 241 Å².